The molecule has 1 unspecified atom stereocenters. The van der Waals surface area contributed by atoms with Crippen LogP contribution < -0.4 is 5.32 Å². The number of rotatable bonds is 6. The highest BCUT2D eigenvalue weighted by Gasteiger charge is 2.19. The van der Waals surface area contributed by atoms with Gasteiger partial charge in [0.15, 0.2) is 0 Å². The second-order valence-corrected chi connectivity index (χ2v) is 6.16. The van der Waals surface area contributed by atoms with Crippen molar-refractivity contribution in [3.8, 4) is 11.1 Å². The predicted molar refractivity (Wildman–Crippen MR) is 90.7 cm³/mol. The summed E-state index contributed by atoms with van der Waals surface area (Å²) in [7, 11) is 1.77. The van der Waals surface area contributed by atoms with Gasteiger partial charge in [-0.2, -0.15) is 0 Å². The fourth-order valence-electron chi connectivity index (χ4n) is 2.55. The molecule has 2 aromatic carbocycles. The maximum Gasteiger partial charge on any atom is 0.0642 e. The van der Waals surface area contributed by atoms with Crippen molar-refractivity contribution in [1.29, 1.82) is 0 Å². The zero-order valence-corrected chi connectivity index (χ0v) is 13.4. The summed E-state index contributed by atoms with van der Waals surface area (Å²) in [6.45, 7) is 6.42. The predicted octanol–water partition coefficient (Wildman–Crippen LogP) is 4.97. The highest BCUT2D eigenvalue weighted by atomic mass is 16.5. The monoisotopic (exact) mass is 283 g/mol. The van der Waals surface area contributed by atoms with Gasteiger partial charge in [-0.15, -0.1) is 0 Å². The van der Waals surface area contributed by atoms with Crippen molar-refractivity contribution in [2.24, 2.45) is 0 Å². The Morgan fingerprint density at radius 1 is 0.952 bits per heavy atom. The third kappa shape index (κ3) is 4.61. The molecule has 0 bridgehead atoms. The normalized spacial score (nSPS) is 13.0. The number of nitrogens with one attached hydrogen (secondary N) is 1. The van der Waals surface area contributed by atoms with E-state index in [1.165, 1.54) is 11.1 Å². The van der Waals surface area contributed by atoms with E-state index < -0.39 is 0 Å². The number of methoxy groups -OCH3 is 1. The van der Waals surface area contributed by atoms with Gasteiger partial charge in [0.2, 0.25) is 0 Å². The lowest BCUT2D eigenvalue weighted by atomic mass is 9.99. The van der Waals surface area contributed by atoms with Gasteiger partial charge in [-0.3, -0.25) is 0 Å². The highest BCUT2D eigenvalue weighted by Crippen LogP contribution is 2.23. The quantitative estimate of drug-likeness (QED) is 0.808. The molecule has 112 valence electrons. The Hall–Kier alpha value is -1.80. The molecule has 0 saturated carbocycles. The largest absolute Gasteiger partial charge is 0.382 e. The first-order valence-corrected chi connectivity index (χ1v) is 7.47. The molecule has 0 radical (unpaired) electrons. The van der Waals surface area contributed by atoms with Crippen LogP contribution in [0.2, 0.25) is 0 Å². The summed E-state index contributed by atoms with van der Waals surface area (Å²) in [5.41, 5.74) is 3.54. The lowest BCUT2D eigenvalue weighted by Crippen LogP contribution is -2.31. The molecule has 2 aromatic rings. The smallest absolute Gasteiger partial charge is 0.0642 e. The minimum atomic E-state index is -0.101. The molecule has 0 aromatic heterocycles. The maximum atomic E-state index is 5.48. The molecule has 0 saturated heterocycles. The topological polar surface area (TPSA) is 21.3 Å². The molecular formula is C19H25NO. The van der Waals surface area contributed by atoms with Gasteiger partial charge in [0.05, 0.1) is 5.60 Å². The van der Waals surface area contributed by atoms with Crippen LogP contribution in [0.5, 0.6) is 0 Å². The Bertz CT molecular complexity index is 546. The SMILES string of the molecule is COC(C)(C)CC(C)Nc1ccc(-c2ccccc2)cc1. The lowest BCUT2D eigenvalue weighted by Gasteiger charge is -2.27. The maximum absolute atomic E-state index is 5.48. The van der Waals surface area contributed by atoms with E-state index in [9.17, 15) is 0 Å². The molecule has 2 nitrogen and oxygen atoms in total. The molecule has 0 amide bonds. The molecule has 2 rings (SSSR count). The second kappa shape index (κ2) is 6.77. The first kappa shape index (κ1) is 15.6. The third-order valence-electron chi connectivity index (χ3n) is 3.76. The Balaban J connectivity index is 2.00. The van der Waals surface area contributed by atoms with Crippen LogP contribution >= 0.6 is 0 Å². The van der Waals surface area contributed by atoms with Crippen molar-refractivity contribution < 1.29 is 4.74 Å². The van der Waals surface area contributed by atoms with Crippen LogP contribution in [0.15, 0.2) is 54.6 Å². The van der Waals surface area contributed by atoms with Crippen molar-refractivity contribution >= 4 is 5.69 Å². The van der Waals surface area contributed by atoms with E-state index in [0.717, 1.165) is 12.1 Å². The average molecular weight is 283 g/mol. The van der Waals surface area contributed by atoms with Crippen LogP contribution in [0.25, 0.3) is 11.1 Å². The van der Waals surface area contributed by atoms with E-state index in [1.807, 2.05) is 6.07 Å². The van der Waals surface area contributed by atoms with Crippen LogP contribution in [-0.4, -0.2) is 18.8 Å². The molecule has 21 heavy (non-hydrogen) atoms. The van der Waals surface area contributed by atoms with Crippen molar-refractivity contribution in [1.82, 2.24) is 0 Å². The Morgan fingerprint density at radius 3 is 2.10 bits per heavy atom. The summed E-state index contributed by atoms with van der Waals surface area (Å²) >= 11 is 0. The summed E-state index contributed by atoms with van der Waals surface area (Å²) < 4.78 is 5.48. The zero-order chi connectivity index (χ0) is 15.3. The number of hydrogen-bond donors (Lipinski definition) is 1. The van der Waals surface area contributed by atoms with E-state index in [1.54, 1.807) is 7.11 Å². The Labute approximate surface area is 128 Å². The standard InChI is InChI=1S/C19H25NO/c1-15(14-19(2,3)21-4)20-18-12-10-17(11-13-18)16-8-6-5-7-9-16/h5-13,15,20H,14H2,1-4H3. The van der Waals surface area contributed by atoms with E-state index in [4.69, 9.17) is 4.74 Å². The van der Waals surface area contributed by atoms with E-state index in [0.29, 0.717) is 6.04 Å². The molecule has 0 aliphatic carbocycles. The molecule has 1 N–H and O–H groups in total. The number of anilines is 1. The van der Waals surface area contributed by atoms with Gasteiger partial charge in [0, 0.05) is 18.8 Å². The van der Waals surface area contributed by atoms with Crippen LogP contribution in [0.3, 0.4) is 0 Å². The van der Waals surface area contributed by atoms with Crippen molar-refractivity contribution in [2.75, 3.05) is 12.4 Å². The number of ether oxygens (including phenoxy) is 1. The minimum absolute atomic E-state index is 0.101. The van der Waals surface area contributed by atoms with E-state index in [-0.39, 0.29) is 5.60 Å². The Kier molecular flexibility index (Phi) is 5.03. The first-order chi connectivity index (χ1) is 10.00. The summed E-state index contributed by atoms with van der Waals surface area (Å²) in [6.07, 6.45) is 0.962. The van der Waals surface area contributed by atoms with Crippen molar-refractivity contribution in [3.63, 3.8) is 0 Å². The number of hydrogen-bond acceptors (Lipinski definition) is 2. The first-order valence-electron chi connectivity index (χ1n) is 7.47. The van der Waals surface area contributed by atoms with Gasteiger partial charge >= 0.3 is 0 Å². The molecule has 0 fully saturated rings. The lowest BCUT2D eigenvalue weighted by molar-refractivity contribution is 0.0128. The van der Waals surface area contributed by atoms with Crippen molar-refractivity contribution in [2.45, 2.75) is 38.8 Å². The molecule has 0 spiro atoms. The van der Waals surface area contributed by atoms with Crippen molar-refractivity contribution in [3.05, 3.63) is 54.6 Å². The van der Waals surface area contributed by atoms with Gasteiger partial charge in [-0.1, -0.05) is 42.5 Å². The zero-order valence-electron chi connectivity index (χ0n) is 13.4. The minimum Gasteiger partial charge on any atom is -0.382 e. The number of benzene rings is 2. The molecule has 0 aliphatic rings. The summed E-state index contributed by atoms with van der Waals surface area (Å²) in [4.78, 5) is 0. The summed E-state index contributed by atoms with van der Waals surface area (Å²) in [5.74, 6) is 0. The summed E-state index contributed by atoms with van der Waals surface area (Å²) in [5, 5.41) is 3.53. The molecule has 2 heteroatoms. The van der Waals surface area contributed by atoms with Gasteiger partial charge in [0.25, 0.3) is 0 Å². The van der Waals surface area contributed by atoms with Gasteiger partial charge in [-0.25, -0.2) is 0 Å². The van der Waals surface area contributed by atoms with E-state index >= 15 is 0 Å². The third-order valence-corrected chi connectivity index (χ3v) is 3.76. The molecule has 0 heterocycles. The molecule has 0 aliphatic heterocycles. The van der Waals surface area contributed by atoms with Crippen LogP contribution in [-0.2, 0) is 4.74 Å². The van der Waals surface area contributed by atoms with Gasteiger partial charge in [0.1, 0.15) is 0 Å². The van der Waals surface area contributed by atoms with Gasteiger partial charge < -0.3 is 10.1 Å². The molecular weight excluding hydrogens is 258 g/mol. The average Bonchev–Trinajstić information content (AvgIpc) is 2.48. The Morgan fingerprint density at radius 2 is 1.52 bits per heavy atom. The second-order valence-electron chi connectivity index (χ2n) is 6.16. The fraction of sp³-hybridized carbons (Fsp3) is 0.368. The van der Waals surface area contributed by atoms with E-state index in [2.05, 4.69) is 74.6 Å². The van der Waals surface area contributed by atoms with Crippen LogP contribution in [0, 0.1) is 0 Å². The molecule has 1 atom stereocenters. The highest BCUT2D eigenvalue weighted by molar-refractivity contribution is 5.65. The van der Waals surface area contributed by atoms with Gasteiger partial charge in [-0.05, 0) is 50.5 Å². The summed E-state index contributed by atoms with van der Waals surface area (Å²) in [6, 6.07) is 19.4. The fourth-order valence-corrected chi connectivity index (χ4v) is 2.55. The van der Waals surface area contributed by atoms with Crippen LogP contribution in [0.1, 0.15) is 27.2 Å². The van der Waals surface area contributed by atoms with Crippen LogP contribution in [0.4, 0.5) is 5.69 Å².